The van der Waals surface area contributed by atoms with E-state index >= 15 is 0 Å². The van der Waals surface area contributed by atoms with Crippen LogP contribution in [-0.2, 0) is 0 Å². The molecule has 29 heavy (non-hydrogen) atoms. The molecule has 0 unspecified atom stereocenters. The van der Waals surface area contributed by atoms with Crippen molar-refractivity contribution >= 4 is 5.69 Å². The maximum atomic E-state index is 5.94. The highest BCUT2D eigenvalue weighted by Gasteiger charge is 2.16. The normalized spacial score (nSPS) is 14.7. The summed E-state index contributed by atoms with van der Waals surface area (Å²) in [7, 11) is 0. The average Bonchev–Trinajstić information content (AvgIpc) is 2.78. The van der Waals surface area contributed by atoms with E-state index < -0.39 is 0 Å². The summed E-state index contributed by atoms with van der Waals surface area (Å²) in [4.78, 5) is 14.1. The van der Waals surface area contributed by atoms with Crippen LogP contribution in [0.3, 0.4) is 0 Å². The summed E-state index contributed by atoms with van der Waals surface area (Å²) in [5.74, 6) is 1.38. The summed E-state index contributed by atoms with van der Waals surface area (Å²) >= 11 is 0. The Kier molecular flexibility index (Phi) is 6.37. The first-order chi connectivity index (χ1) is 14.3. The first kappa shape index (κ1) is 19.4. The Hall–Kier alpha value is -2.92. The first-order valence-electron chi connectivity index (χ1n) is 10.3. The van der Waals surface area contributed by atoms with Gasteiger partial charge in [-0.2, -0.15) is 4.98 Å². The van der Waals surface area contributed by atoms with Gasteiger partial charge in [0, 0.05) is 55.7 Å². The van der Waals surface area contributed by atoms with E-state index in [1.807, 2.05) is 43.3 Å². The van der Waals surface area contributed by atoms with Crippen LogP contribution >= 0.6 is 0 Å². The van der Waals surface area contributed by atoms with Crippen molar-refractivity contribution in [3.05, 3.63) is 72.4 Å². The third kappa shape index (κ3) is 5.33. The molecule has 0 radical (unpaired) electrons. The summed E-state index contributed by atoms with van der Waals surface area (Å²) in [5, 5.41) is 0. The molecule has 1 saturated heterocycles. The van der Waals surface area contributed by atoms with Crippen LogP contribution in [0.5, 0.6) is 5.88 Å². The van der Waals surface area contributed by atoms with Crippen molar-refractivity contribution in [1.29, 1.82) is 0 Å². The van der Waals surface area contributed by atoms with E-state index in [0.29, 0.717) is 12.5 Å². The zero-order chi connectivity index (χ0) is 19.9. The third-order valence-electron chi connectivity index (χ3n) is 5.22. The van der Waals surface area contributed by atoms with Crippen molar-refractivity contribution in [2.75, 3.05) is 44.2 Å². The quantitative estimate of drug-likeness (QED) is 0.571. The second kappa shape index (κ2) is 9.52. The van der Waals surface area contributed by atoms with Crippen molar-refractivity contribution in [2.45, 2.75) is 13.3 Å². The van der Waals surface area contributed by atoms with Gasteiger partial charge < -0.3 is 9.64 Å². The zero-order valence-corrected chi connectivity index (χ0v) is 17.0. The minimum absolute atomic E-state index is 0.658. The van der Waals surface area contributed by atoms with Crippen molar-refractivity contribution < 1.29 is 4.74 Å². The number of hydrogen-bond donors (Lipinski definition) is 0. The molecule has 0 atom stereocenters. The zero-order valence-electron chi connectivity index (χ0n) is 17.0. The van der Waals surface area contributed by atoms with E-state index in [2.05, 4.69) is 50.1 Å². The molecule has 3 aromatic rings. The van der Waals surface area contributed by atoms with Crippen molar-refractivity contribution in [3.8, 4) is 17.3 Å². The van der Waals surface area contributed by atoms with Gasteiger partial charge in [0.15, 0.2) is 5.82 Å². The van der Waals surface area contributed by atoms with E-state index in [9.17, 15) is 0 Å². The van der Waals surface area contributed by atoms with Gasteiger partial charge in [-0.05, 0) is 25.5 Å². The number of anilines is 1. The number of rotatable bonds is 7. The Morgan fingerprint density at radius 2 is 1.55 bits per heavy atom. The van der Waals surface area contributed by atoms with Crippen LogP contribution in [0.25, 0.3) is 11.4 Å². The van der Waals surface area contributed by atoms with Crippen LogP contribution in [0, 0.1) is 6.92 Å². The number of para-hydroxylation sites is 1. The predicted octanol–water partition coefficient (Wildman–Crippen LogP) is 4.04. The van der Waals surface area contributed by atoms with Gasteiger partial charge >= 0.3 is 0 Å². The number of ether oxygens (including phenoxy) is 1. The Bertz CT molecular complexity index is 893. The Balaban J connectivity index is 1.23. The van der Waals surface area contributed by atoms with Crippen molar-refractivity contribution in [1.82, 2.24) is 14.9 Å². The van der Waals surface area contributed by atoms with E-state index in [1.165, 1.54) is 5.69 Å². The van der Waals surface area contributed by atoms with Crippen LogP contribution in [0.15, 0.2) is 66.7 Å². The van der Waals surface area contributed by atoms with E-state index in [-0.39, 0.29) is 0 Å². The number of benzene rings is 2. The molecule has 2 heterocycles. The fourth-order valence-corrected chi connectivity index (χ4v) is 3.66. The summed E-state index contributed by atoms with van der Waals surface area (Å²) in [6.45, 7) is 8.06. The topological polar surface area (TPSA) is 41.5 Å². The largest absolute Gasteiger partial charge is 0.478 e. The highest BCUT2D eigenvalue weighted by atomic mass is 16.5. The van der Waals surface area contributed by atoms with E-state index in [0.717, 1.165) is 56.2 Å². The molecule has 0 amide bonds. The lowest BCUT2D eigenvalue weighted by Crippen LogP contribution is -2.46. The number of nitrogens with zero attached hydrogens (tertiary/aromatic N) is 4. The minimum atomic E-state index is 0.658. The Morgan fingerprint density at radius 3 is 2.28 bits per heavy atom. The lowest BCUT2D eigenvalue weighted by atomic mass is 10.2. The molecular formula is C24H28N4O. The minimum Gasteiger partial charge on any atom is -0.478 e. The molecule has 0 bridgehead atoms. The number of aryl methyl sites for hydroxylation is 1. The lowest BCUT2D eigenvalue weighted by Gasteiger charge is -2.36. The van der Waals surface area contributed by atoms with Gasteiger partial charge in [0.25, 0.3) is 0 Å². The second-order valence-electron chi connectivity index (χ2n) is 7.40. The van der Waals surface area contributed by atoms with Gasteiger partial charge in [-0.1, -0.05) is 48.5 Å². The molecule has 4 rings (SSSR count). The summed E-state index contributed by atoms with van der Waals surface area (Å²) in [6, 6.07) is 22.6. The van der Waals surface area contributed by atoms with Gasteiger partial charge in [-0.3, -0.25) is 4.90 Å². The molecule has 0 spiro atoms. The number of piperazine rings is 1. The molecule has 0 aliphatic carbocycles. The molecule has 5 nitrogen and oxygen atoms in total. The van der Waals surface area contributed by atoms with E-state index in [4.69, 9.17) is 4.74 Å². The van der Waals surface area contributed by atoms with E-state index in [1.54, 1.807) is 0 Å². The Morgan fingerprint density at radius 1 is 0.862 bits per heavy atom. The molecule has 1 aromatic heterocycles. The molecule has 0 N–H and O–H groups in total. The Labute approximate surface area is 173 Å². The fourth-order valence-electron chi connectivity index (χ4n) is 3.66. The SMILES string of the molecule is Cc1cc(OCCCN2CCN(c3ccccc3)CC2)nc(-c2ccccc2)n1. The first-order valence-corrected chi connectivity index (χ1v) is 10.3. The maximum Gasteiger partial charge on any atom is 0.217 e. The standard InChI is InChI=1S/C24H28N4O/c1-20-19-23(26-24(25-20)21-9-4-2-5-10-21)29-18-8-13-27-14-16-28(17-15-27)22-11-6-3-7-12-22/h2-7,9-12,19H,8,13-18H2,1H3. The van der Waals surface area contributed by atoms with Gasteiger partial charge in [0.2, 0.25) is 5.88 Å². The predicted molar refractivity (Wildman–Crippen MR) is 117 cm³/mol. The molecule has 1 fully saturated rings. The van der Waals surface area contributed by atoms with Gasteiger partial charge in [-0.25, -0.2) is 4.98 Å². The van der Waals surface area contributed by atoms with Gasteiger partial charge in [-0.15, -0.1) is 0 Å². The molecule has 2 aromatic carbocycles. The molecule has 5 heteroatoms. The highest BCUT2D eigenvalue weighted by Crippen LogP contribution is 2.19. The van der Waals surface area contributed by atoms with Crippen molar-refractivity contribution in [2.24, 2.45) is 0 Å². The second-order valence-corrected chi connectivity index (χ2v) is 7.40. The molecule has 150 valence electrons. The van der Waals surface area contributed by atoms with Crippen LogP contribution in [0.1, 0.15) is 12.1 Å². The van der Waals surface area contributed by atoms with Crippen LogP contribution < -0.4 is 9.64 Å². The average molecular weight is 389 g/mol. The van der Waals surface area contributed by atoms with Gasteiger partial charge in [0.05, 0.1) is 6.61 Å². The maximum absolute atomic E-state index is 5.94. The number of aromatic nitrogens is 2. The smallest absolute Gasteiger partial charge is 0.217 e. The number of hydrogen-bond acceptors (Lipinski definition) is 5. The fraction of sp³-hybridized carbons (Fsp3) is 0.333. The van der Waals surface area contributed by atoms with Crippen molar-refractivity contribution in [3.63, 3.8) is 0 Å². The summed E-state index contributed by atoms with van der Waals surface area (Å²) in [6.07, 6.45) is 0.995. The molecule has 1 aliphatic rings. The van der Waals surface area contributed by atoms with Crippen LogP contribution in [-0.4, -0.2) is 54.2 Å². The lowest BCUT2D eigenvalue weighted by molar-refractivity contribution is 0.222. The molecule has 1 aliphatic heterocycles. The summed E-state index contributed by atoms with van der Waals surface area (Å²) < 4.78 is 5.94. The molecule has 0 saturated carbocycles. The third-order valence-corrected chi connectivity index (χ3v) is 5.22. The van der Waals surface area contributed by atoms with Gasteiger partial charge in [0.1, 0.15) is 0 Å². The monoisotopic (exact) mass is 388 g/mol. The summed E-state index contributed by atoms with van der Waals surface area (Å²) in [5.41, 5.74) is 3.26. The highest BCUT2D eigenvalue weighted by molar-refractivity contribution is 5.55. The van der Waals surface area contributed by atoms with Crippen LogP contribution in [0.2, 0.25) is 0 Å². The van der Waals surface area contributed by atoms with Crippen LogP contribution in [0.4, 0.5) is 5.69 Å². The molecular weight excluding hydrogens is 360 g/mol.